The van der Waals surface area contributed by atoms with Crippen molar-refractivity contribution in [1.82, 2.24) is 14.9 Å². The first-order chi connectivity index (χ1) is 16.0. The third kappa shape index (κ3) is 4.45. The van der Waals surface area contributed by atoms with Crippen molar-refractivity contribution in [3.63, 3.8) is 0 Å². The van der Waals surface area contributed by atoms with Gasteiger partial charge in [0.05, 0.1) is 18.5 Å². The molecule has 0 aliphatic rings. The molecule has 2 aromatic carbocycles. The summed E-state index contributed by atoms with van der Waals surface area (Å²) in [5.74, 6) is 1.29. The second kappa shape index (κ2) is 9.35. The fourth-order valence-electron chi connectivity index (χ4n) is 3.59. The zero-order chi connectivity index (χ0) is 23.4. The largest absolute Gasteiger partial charge is 0.494 e. The molecule has 0 unspecified atom stereocenters. The molecule has 0 radical (unpaired) electrons. The fourth-order valence-corrected chi connectivity index (χ4v) is 3.59. The van der Waals surface area contributed by atoms with Gasteiger partial charge in [-0.1, -0.05) is 29.4 Å². The summed E-state index contributed by atoms with van der Waals surface area (Å²) in [5, 5.41) is 19.3. The average Bonchev–Trinajstić information content (AvgIpc) is 3.17. The molecule has 0 spiro atoms. The first-order valence-electron chi connectivity index (χ1n) is 10.3. The summed E-state index contributed by atoms with van der Waals surface area (Å²) >= 11 is 0. The lowest BCUT2D eigenvalue weighted by atomic mass is 10.0. The number of aryl methyl sites for hydroxylation is 2. The number of hydrogen-bond acceptors (Lipinski definition) is 7. The second-order valence-electron chi connectivity index (χ2n) is 7.30. The van der Waals surface area contributed by atoms with Crippen molar-refractivity contribution in [3.8, 4) is 22.6 Å². The molecule has 8 nitrogen and oxygen atoms in total. The lowest BCUT2D eigenvalue weighted by molar-refractivity contribution is 0.393. The minimum absolute atomic E-state index is 0.182. The van der Waals surface area contributed by atoms with Gasteiger partial charge in [-0.25, -0.2) is 4.68 Å². The minimum atomic E-state index is -0.269. The van der Waals surface area contributed by atoms with E-state index in [-0.39, 0.29) is 11.1 Å². The van der Waals surface area contributed by atoms with Gasteiger partial charge in [0.15, 0.2) is 5.69 Å². The van der Waals surface area contributed by atoms with E-state index in [0.29, 0.717) is 17.1 Å². The van der Waals surface area contributed by atoms with E-state index in [9.17, 15) is 4.79 Å². The Labute approximate surface area is 190 Å². The Bertz CT molecular complexity index is 1370. The van der Waals surface area contributed by atoms with Crippen LogP contribution in [0.15, 0.2) is 76.2 Å². The molecule has 0 saturated carbocycles. The molecule has 2 aromatic heterocycles. The molecule has 0 amide bonds. The Hall–Kier alpha value is -4.46. The Balaban J connectivity index is 1.77. The van der Waals surface area contributed by atoms with Crippen LogP contribution in [0.25, 0.3) is 22.5 Å². The predicted molar refractivity (Wildman–Crippen MR) is 128 cm³/mol. The topological polar surface area (TPSA) is 106 Å². The molecule has 2 N–H and O–H groups in total. The number of ether oxygens (including phenoxy) is 1. The van der Waals surface area contributed by atoms with E-state index in [4.69, 9.17) is 14.7 Å². The van der Waals surface area contributed by atoms with Crippen molar-refractivity contribution in [2.75, 3.05) is 12.4 Å². The van der Waals surface area contributed by atoms with Gasteiger partial charge in [-0.05, 0) is 49.8 Å². The molecule has 0 aliphatic carbocycles. The van der Waals surface area contributed by atoms with E-state index in [2.05, 4.69) is 15.6 Å². The van der Waals surface area contributed by atoms with Crippen LogP contribution >= 0.6 is 0 Å². The second-order valence-corrected chi connectivity index (χ2v) is 7.30. The summed E-state index contributed by atoms with van der Waals surface area (Å²) in [7, 11) is 1.58. The monoisotopic (exact) mass is 441 g/mol. The zero-order valence-electron chi connectivity index (χ0n) is 18.5. The Morgan fingerprint density at radius 1 is 1.15 bits per heavy atom. The van der Waals surface area contributed by atoms with Crippen molar-refractivity contribution < 1.29 is 9.26 Å². The third-order valence-electron chi connectivity index (χ3n) is 5.11. The van der Waals surface area contributed by atoms with Crippen LogP contribution < -0.4 is 15.5 Å². The van der Waals surface area contributed by atoms with E-state index in [1.54, 1.807) is 18.0 Å². The summed E-state index contributed by atoms with van der Waals surface area (Å²) in [6, 6.07) is 16.5. The SMILES string of the molecule is COc1cc(-c2c(C)noc2C)ccc1-n1ccc(=O)c(/C(=C/C=N)Nc2ccccc2)n1. The molecular weight excluding hydrogens is 418 g/mol. The van der Waals surface area contributed by atoms with Gasteiger partial charge < -0.3 is 20.0 Å². The maximum absolute atomic E-state index is 12.7. The standard InChI is InChI=1S/C25H23N5O3/c1-16-24(17(2)33-29-16)18-9-10-21(23(15-18)32-3)30-14-12-22(31)25(28-30)20(11-13-26)27-19-7-5-4-6-8-19/h4-15,26-27H,1-3H3/b20-11-,26-13?. The van der Waals surface area contributed by atoms with Gasteiger partial charge in [0.1, 0.15) is 17.2 Å². The van der Waals surface area contributed by atoms with Crippen LogP contribution in [-0.2, 0) is 0 Å². The third-order valence-corrected chi connectivity index (χ3v) is 5.11. The summed E-state index contributed by atoms with van der Waals surface area (Å²) in [6.45, 7) is 3.75. The highest BCUT2D eigenvalue weighted by atomic mass is 16.5. The number of para-hydroxylation sites is 1. The van der Waals surface area contributed by atoms with Crippen LogP contribution in [0.4, 0.5) is 5.69 Å². The fraction of sp³-hybridized carbons (Fsp3) is 0.120. The quantitative estimate of drug-likeness (QED) is 0.406. The summed E-state index contributed by atoms with van der Waals surface area (Å²) in [4.78, 5) is 12.7. The van der Waals surface area contributed by atoms with Gasteiger partial charge in [0.2, 0.25) is 5.43 Å². The Morgan fingerprint density at radius 2 is 1.94 bits per heavy atom. The van der Waals surface area contributed by atoms with Crippen LogP contribution in [0.1, 0.15) is 17.1 Å². The van der Waals surface area contributed by atoms with E-state index < -0.39 is 0 Å². The number of aromatic nitrogens is 3. The number of nitrogens with one attached hydrogen (secondary N) is 2. The lowest BCUT2D eigenvalue weighted by Gasteiger charge is -2.15. The highest BCUT2D eigenvalue weighted by Crippen LogP contribution is 2.32. The molecule has 0 bridgehead atoms. The Morgan fingerprint density at radius 3 is 2.61 bits per heavy atom. The normalized spacial score (nSPS) is 11.3. The molecule has 8 heteroatoms. The Kier molecular flexibility index (Phi) is 6.17. The van der Waals surface area contributed by atoms with Gasteiger partial charge >= 0.3 is 0 Å². The van der Waals surface area contributed by atoms with Crippen LogP contribution in [0, 0.1) is 19.3 Å². The zero-order valence-corrected chi connectivity index (χ0v) is 18.5. The predicted octanol–water partition coefficient (Wildman–Crippen LogP) is 4.62. The van der Waals surface area contributed by atoms with Crippen molar-refractivity contribution in [1.29, 1.82) is 5.41 Å². The van der Waals surface area contributed by atoms with Crippen molar-refractivity contribution >= 4 is 17.6 Å². The number of benzene rings is 2. The first-order valence-corrected chi connectivity index (χ1v) is 10.3. The van der Waals surface area contributed by atoms with Gasteiger partial charge in [-0.2, -0.15) is 5.10 Å². The molecule has 0 atom stereocenters. The van der Waals surface area contributed by atoms with E-state index >= 15 is 0 Å². The van der Waals surface area contributed by atoms with E-state index in [1.165, 1.54) is 12.1 Å². The highest BCUT2D eigenvalue weighted by Gasteiger charge is 2.16. The molecule has 4 aromatic rings. The van der Waals surface area contributed by atoms with Gasteiger partial charge in [0, 0.05) is 29.7 Å². The van der Waals surface area contributed by atoms with Crippen molar-refractivity contribution in [2.24, 2.45) is 0 Å². The molecule has 0 fully saturated rings. The maximum atomic E-state index is 12.7. The van der Waals surface area contributed by atoms with Gasteiger partial charge in [-0.3, -0.25) is 4.79 Å². The molecule has 2 heterocycles. The molecular formula is C25H23N5O3. The number of allylic oxidation sites excluding steroid dienone is 1. The summed E-state index contributed by atoms with van der Waals surface area (Å²) < 4.78 is 12.5. The number of hydrogen-bond donors (Lipinski definition) is 2. The average molecular weight is 441 g/mol. The lowest BCUT2D eigenvalue weighted by Crippen LogP contribution is -2.18. The van der Waals surface area contributed by atoms with Gasteiger partial charge in [0.25, 0.3) is 0 Å². The van der Waals surface area contributed by atoms with Crippen LogP contribution in [0.5, 0.6) is 5.75 Å². The van der Waals surface area contributed by atoms with E-state index in [1.807, 2.05) is 62.4 Å². The molecule has 0 saturated heterocycles. The van der Waals surface area contributed by atoms with Gasteiger partial charge in [-0.15, -0.1) is 0 Å². The number of anilines is 1. The maximum Gasteiger partial charge on any atom is 0.209 e. The van der Waals surface area contributed by atoms with Crippen molar-refractivity contribution in [2.45, 2.75) is 13.8 Å². The number of rotatable bonds is 7. The molecule has 166 valence electrons. The van der Waals surface area contributed by atoms with E-state index in [0.717, 1.165) is 34.5 Å². The van der Waals surface area contributed by atoms with Crippen LogP contribution in [0.2, 0.25) is 0 Å². The molecule has 33 heavy (non-hydrogen) atoms. The minimum Gasteiger partial charge on any atom is -0.494 e. The molecule has 4 rings (SSSR count). The smallest absolute Gasteiger partial charge is 0.209 e. The number of nitrogens with zero attached hydrogens (tertiary/aromatic N) is 3. The number of methoxy groups -OCH3 is 1. The van der Waals surface area contributed by atoms with Crippen molar-refractivity contribution in [3.05, 3.63) is 94.2 Å². The molecule has 0 aliphatic heterocycles. The van der Waals surface area contributed by atoms with Crippen LogP contribution in [-0.4, -0.2) is 28.3 Å². The highest BCUT2D eigenvalue weighted by molar-refractivity contribution is 5.86. The summed E-state index contributed by atoms with van der Waals surface area (Å²) in [5.41, 5.74) is 4.38. The van der Waals surface area contributed by atoms with Crippen LogP contribution in [0.3, 0.4) is 0 Å². The first kappa shape index (κ1) is 21.8. The summed E-state index contributed by atoms with van der Waals surface area (Å²) in [6.07, 6.45) is 4.20.